The third kappa shape index (κ3) is 5.63. The van der Waals surface area contributed by atoms with Crippen molar-refractivity contribution in [2.75, 3.05) is 19.5 Å². The Morgan fingerprint density at radius 1 is 1.33 bits per heavy atom. The molecule has 0 saturated heterocycles. The molecule has 0 bridgehead atoms. The van der Waals surface area contributed by atoms with Crippen molar-refractivity contribution in [1.82, 2.24) is 0 Å². The fourth-order valence-corrected chi connectivity index (χ4v) is 1.47. The number of aliphatic hydroxyl groups excluding tert-OH is 1. The third-order valence-corrected chi connectivity index (χ3v) is 2.46. The van der Waals surface area contributed by atoms with E-state index in [2.05, 4.69) is 4.18 Å². The predicted molar refractivity (Wildman–Crippen MR) is 63.5 cm³/mol. The zero-order chi connectivity index (χ0) is 13.6. The first kappa shape index (κ1) is 14.4. The summed E-state index contributed by atoms with van der Waals surface area (Å²) in [5.41, 5.74) is 0.503. The van der Waals surface area contributed by atoms with Gasteiger partial charge in [0.2, 0.25) is 0 Å². The lowest BCUT2D eigenvalue weighted by molar-refractivity contribution is 0.0652. The number of nitrogens with zero attached hydrogens (tertiary/aromatic N) is 1. The SMILES string of the molecule is CS(=O)(=O)OC[C@@H](O)COc1ccc(C#N)cc1. The van der Waals surface area contributed by atoms with Gasteiger partial charge in [0.25, 0.3) is 10.1 Å². The predicted octanol–water partition coefficient (Wildman–Crippen LogP) is 0.274. The Labute approximate surface area is 106 Å². The van der Waals surface area contributed by atoms with Gasteiger partial charge in [0, 0.05) is 0 Å². The van der Waals surface area contributed by atoms with Crippen molar-refractivity contribution in [3.05, 3.63) is 29.8 Å². The molecule has 0 aromatic heterocycles. The molecule has 0 radical (unpaired) electrons. The summed E-state index contributed by atoms with van der Waals surface area (Å²) in [7, 11) is -3.56. The van der Waals surface area contributed by atoms with E-state index in [1.807, 2.05) is 6.07 Å². The summed E-state index contributed by atoms with van der Waals surface area (Å²) in [6, 6.07) is 8.29. The molecular formula is C11H13NO5S. The molecule has 0 heterocycles. The summed E-state index contributed by atoms with van der Waals surface area (Å²) in [6.45, 7) is -0.448. The average Bonchev–Trinajstić information content (AvgIpc) is 2.33. The van der Waals surface area contributed by atoms with Crippen molar-refractivity contribution in [2.24, 2.45) is 0 Å². The highest BCUT2D eigenvalue weighted by Gasteiger charge is 2.10. The molecule has 1 aromatic rings. The van der Waals surface area contributed by atoms with Crippen LogP contribution in [0.1, 0.15) is 5.56 Å². The van der Waals surface area contributed by atoms with Gasteiger partial charge in [0.05, 0.1) is 24.5 Å². The van der Waals surface area contributed by atoms with Gasteiger partial charge in [0.1, 0.15) is 18.5 Å². The van der Waals surface area contributed by atoms with E-state index in [1.165, 1.54) is 0 Å². The molecule has 0 spiro atoms. The van der Waals surface area contributed by atoms with Crippen LogP contribution in [0, 0.1) is 11.3 Å². The number of aliphatic hydroxyl groups is 1. The highest BCUT2D eigenvalue weighted by molar-refractivity contribution is 7.85. The number of rotatable bonds is 6. The van der Waals surface area contributed by atoms with E-state index in [0.717, 1.165) is 6.26 Å². The Morgan fingerprint density at radius 3 is 2.44 bits per heavy atom. The first-order valence-corrected chi connectivity index (χ1v) is 6.88. The van der Waals surface area contributed by atoms with Gasteiger partial charge in [-0.25, -0.2) is 0 Å². The minimum Gasteiger partial charge on any atom is -0.491 e. The monoisotopic (exact) mass is 271 g/mol. The summed E-state index contributed by atoms with van der Waals surface area (Å²) < 4.78 is 31.0. The highest BCUT2D eigenvalue weighted by atomic mass is 32.2. The van der Waals surface area contributed by atoms with Crippen molar-refractivity contribution >= 4 is 10.1 Å². The van der Waals surface area contributed by atoms with Crippen LogP contribution in [0.25, 0.3) is 0 Å². The van der Waals surface area contributed by atoms with Crippen molar-refractivity contribution in [2.45, 2.75) is 6.10 Å². The van der Waals surface area contributed by atoms with Gasteiger partial charge in [-0.3, -0.25) is 4.18 Å². The molecule has 0 unspecified atom stereocenters. The Bertz CT molecular complexity index is 517. The first-order valence-electron chi connectivity index (χ1n) is 5.06. The Morgan fingerprint density at radius 2 is 1.94 bits per heavy atom. The van der Waals surface area contributed by atoms with Crippen LogP contribution in [0.2, 0.25) is 0 Å². The van der Waals surface area contributed by atoms with Crippen LogP contribution >= 0.6 is 0 Å². The summed E-state index contributed by atoms with van der Waals surface area (Å²) in [6.07, 6.45) is -0.142. The van der Waals surface area contributed by atoms with Crippen LogP contribution in [0.4, 0.5) is 0 Å². The maximum absolute atomic E-state index is 10.7. The van der Waals surface area contributed by atoms with E-state index >= 15 is 0 Å². The van der Waals surface area contributed by atoms with E-state index in [0.29, 0.717) is 11.3 Å². The molecule has 0 aliphatic heterocycles. The van der Waals surface area contributed by atoms with Crippen molar-refractivity contribution < 1.29 is 22.4 Å². The van der Waals surface area contributed by atoms with Gasteiger partial charge < -0.3 is 9.84 Å². The first-order chi connectivity index (χ1) is 8.40. The van der Waals surface area contributed by atoms with E-state index in [-0.39, 0.29) is 13.2 Å². The minimum atomic E-state index is -3.56. The fourth-order valence-electron chi connectivity index (χ4n) is 1.07. The van der Waals surface area contributed by atoms with Crippen molar-refractivity contribution in [1.29, 1.82) is 5.26 Å². The second kappa shape index (κ2) is 6.35. The molecule has 98 valence electrons. The molecular weight excluding hydrogens is 258 g/mol. The molecule has 0 saturated carbocycles. The standard InChI is InChI=1S/C11H13NO5S/c1-18(14,15)17-8-10(13)7-16-11-4-2-9(6-12)3-5-11/h2-5,10,13H,7-8H2,1H3/t10-/m0/s1. The molecule has 18 heavy (non-hydrogen) atoms. The molecule has 0 amide bonds. The van der Waals surface area contributed by atoms with Gasteiger partial charge in [0.15, 0.2) is 0 Å². The number of hydrogen-bond acceptors (Lipinski definition) is 6. The van der Waals surface area contributed by atoms with E-state index in [9.17, 15) is 13.5 Å². The average molecular weight is 271 g/mol. The number of benzene rings is 1. The van der Waals surface area contributed by atoms with E-state index < -0.39 is 16.2 Å². The van der Waals surface area contributed by atoms with Gasteiger partial charge in [-0.1, -0.05) is 0 Å². The quantitative estimate of drug-likeness (QED) is 0.746. The number of hydrogen-bond donors (Lipinski definition) is 1. The fraction of sp³-hybridized carbons (Fsp3) is 0.364. The topological polar surface area (TPSA) is 96.6 Å². The molecule has 0 aliphatic rings. The Kier molecular flexibility index (Phi) is 5.09. The van der Waals surface area contributed by atoms with Gasteiger partial charge in [-0.2, -0.15) is 13.7 Å². The Balaban J connectivity index is 2.38. The number of nitriles is 1. The van der Waals surface area contributed by atoms with E-state index in [4.69, 9.17) is 10.00 Å². The molecule has 0 fully saturated rings. The summed E-state index contributed by atoms with van der Waals surface area (Å²) in [4.78, 5) is 0. The Hall–Kier alpha value is -1.62. The van der Waals surface area contributed by atoms with Crippen LogP contribution in [0.5, 0.6) is 5.75 Å². The molecule has 1 aromatic carbocycles. The molecule has 7 heteroatoms. The molecule has 1 N–H and O–H groups in total. The zero-order valence-electron chi connectivity index (χ0n) is 9.74. The summed E-state index contributed by atoms with van der Waals surface area (Å²) in [5.74, 6) is 0.479. The summed E-state index contributed by atoms with van der Waals surface area (Å²) in [5, 5.41) is 18.0. The van der Waals surface area contributed by atoms with Crippen LogP contribution in [-0.2, 0) is 14.3 Å². The second-order valence-corrected chi connectivity index (χ2v) is 5.23. The third-order valence-electron chi connectivity index (χ3n) is 1.90. The van der Waals surface area contributed by atoms with Gasteiger partial charge in [-0.05, 0) is 24.3 Å². The van der Waals surface area contributed by atoms with Crippen molar-refractivity contribution in [3.63, 3.8) is 0 Å². The van der Waals surface area contributed by atoms with Crippen LogP contribution in [-0.4, -0.2) is 39.1 Å². The smallest absolute Gasteiger partial charge is 0.264 e. The lowest BCUT2D eigenvalue weighted by Crippen LogP contribution is -2.24. The molecule has 6 nitrogen and oxygen atoms in total. The van der Waals surface area contributed by atoms with Crippen LogP contribution in [0.15, 0.2) is 24.3 Å². The maximum atomic E-state index is 10.7. The normalized spacial score (nSPS) is 12.7. The van der Waals surface area contributed by atoms with Gasteiger partial charge in [-0.15, -0.1) is 0 Å². The second-order valence-electron chi connectivity index (χ2n) is 3.59. The van der Waals surface area contributed by atoms with Crippen LogP contribution in [0.3, 0.4) is 0 Å². The lowest BCUT2D eigenvalue weighted by Gasteiger charge is -2.11. The zero-order valence-corrected chi connectivity index (χ0v) is 10.6. The van der Waals surface area contributed by atoms with E-state index in [1.54, 1.807) is 24.3 Å². The molecule has 0 aliphatic carbocycles. The molecule has 1 atom stereocenters. The molecule has 1 rings (SSSR count). The maximum Gasteiger partial charge on any atom is 0.264 e. The largest absolute Gasteiger partial charge is 0.491 e. The highest BCUT2D eigenvalue weighted by Crippen LogP contribution is 2.11. The minimum absolute atomic E-state index is 0.0958. The van der Waals surface area contributed by atoms with Crippen LogP contribution < -0.4 is 4.74 Å². The van der Waals surface area contributed by atoms with Gasteiger partial charge >= 0.3 is 0 Å². The number of ether oxygens (including phenoxy) is 1. The lowest BCUT2D eigenvalue weighted by atomic mass is 10.2. The summed E-state index contributed by atoms with van der Waals surface area (Å²) >= 11 is 0. The van der Waals surface area contributed by atoms with Crippen molar-refractivity contribution in [3.8, 4) is 11.8 Å².